The molecule has 0 unspecified atom stereocenters. The van der Waals surface area contributed by atoms with Crippen LogP contribution in [0.5, 0.6) is 0 Å². The van der Waals surface area contributed by atoms with Crippen LogP contribution in [0.3, 0.4) is 0 Å². The summed E-state index contributed by atoms with van der Waals surface area (Å²) in [4.78, 5) is 6.83. The van der Waals surface area contributed by atoms with Crippen LogP contribution >= 0.6 is 0 Å². The van der Waals surface area contributed by atoms with Crippen molar-refractivity contribution in [2.45, 2.75) is 23.6 Å². The van der Waals surface area contributed by atoms with Crippen LogP contribution in [-0.4, -0.2) is 55.1 Å². The predicted octanol–water partition coefficient (Wildman–Crippen LogP) is 2.15. The molecule has 0 fully saturated rings. The van der Waals surface area contributed by atoms with Gasteiger partial charge in [0.05, 0.1) is 4.90 Å². The van der Waals surface area contributed by atoms with Crippen molar-refractivity contribution >= 4 is 21.3 Å². The average molecular weight is 373 g/mol. The molecule has 7 nitrogen and oxygen atoms in total. The molecule has 3 rings (SSSR count). The number of anilines is 1. The first kappa shape index (κ1) is 18.3. The van der Waals surface area contributed by atoms with E-state index in [-0.39, 0.29) is 9.79 Å². The lowest BCUT2D eigenvalue weighted by molar-refractivity contribution is 0.425. The minimum absolute atomic E-state index is 0.120. The minimum Gasteiger partial charge on any atom is -0.366 e. The number of likely N-dealkylation sites (N-methyl/N-ethyl adjacent to an activating group) is 1. The van der Waals surface area contributed by atoms with Gasteiger partial charge in [0.1, 0.15) is 0 Å². The molecule has 0 amide bonds. The van der Waals surface area contributed by atoms with Crippen molar-refractivity contribution in [2.75, 3.05) is 32.5 Å². The summed E-state index contributed by atoms with van der Waals surface area (Å²) < 4.78 is 28.2. The van der Waals surface area contributed by atoms with Gasteiger partial charge in [-0.15, -0.1) is 5.10 Å². The highest BCUT2D eigenvalue weighted by Crippen LogP contribution is 2.31. The van der Waals surface area contributed by atoms with Crippen LogP contribution in [0.15, 0.2) is 46.2 Å². The zero-order valence-electron chi connectivity index (χ0n) is 15.4. The van der Waals surface area contributed by atoms with Gasteiger partial charge in [0.25, 0.3) is 0 Å². The van der Waals surface area contributed by atoms with Gasteiger partial charge in [-0.1, -0.05) is 18.2 Å². The molecule has 1 aromatic carbocycles. The van der Waals surface area contributed by atoms with Crippen LogP contribution in [0.2, 0.25) is 0 Å². The number of nitrogens with one attached hydrogen (secondary N) is 1. The largest absolute Gasteiger partial charge is 0.366 e. The molecular weight excluding hydrogens is 350 g/mol. The van der Waals surface area contributed by atoms with Gasteiger partial charge in [0.15, 0.2) is 16.4 Å². The quantitative estimate of drug-likeness (QED) is 0.713. The molecule has 0 saturated heterocycles. The van der Waals surface area contributed by atoms with E-state index in [1.54, 1.807) is 34.8 Å². The molecule has 0 atom stereocenters. The first-order chi connectivity index (χ1) is 12.3. The van der Waals surface area contributed by atoms with Gasteiger partial charge < -0.3 is 10.2 Å². The summed E-state index contributed by atoms with van der Waals surface area (Å²) in [5.74, 6) is 0.330. The van der Waals surface area contributed by atoms with Crippen molar-refractivity contribution < 1.29 is 8.42 Å². The number of sulfone groups is 1. The Morgan fingerprint density at radius 1 is 1.15 bits per heavy atom. The number of fused-ring (bicyclic) bond motifs is 1. The Hall–Kier alpha value is -2.45. The number of hydrogen-bond acceptors (Lipinski definition) is 6. The molecule has 8 heteroatoms. The van der Waals surface area contributed by atoms with E-state index in [9.17, 15) is 8.42 Å². The fraction of sp³-hybridized carbons (Fsp3) is 0.333. The first-order valence-corrected chi connectivity index (χ1v) is 9.85. The molecular formula is C18H23N5O2S. The highest BCUT2D eigenvalue weighted by atomic mass is 32.2. The summed E-state index contributed by atoms with van der Waals surface area (Å²) in [6, 6.07) is 10.3. The van der Waals surface area contributed by atoms with Gasteiger partial charge in [-0.05, 0) is 46.1 Å². The SMILES string of the molecule is Cc1cc(C)n2nc(NCCN(C)C)c(S(=O)(=O)c3ccccc3)c2n1. The fourth-order valence-electron chi connectivity index (χ4n) is 2.78. The average Bonchev–Trinajstić information content (AvgIpc) is 2.94. The van der Waals surface area contributed by atoms with Crippen LogP contribution < -0.4 is 5.32 Å². The highest BCUT2D eigenvalue weighted by molar-refractivity contribution is 7.91. The van der Waals surface area contributed by atoms with E-state index >= 15 is 0 Å². The normalized spacial score (nSPS) is 12.0. The van der Waals surface area contributed by atoms with E-state index < -0.39 is 9.84 Å². The van der Waals surface area contributed by atoms with E-state index in [2.05, 4.69) is 15.4 Å². The molecule has 0 radical (unpaired) electrons. The maximum absolute atomic E-state index is 13.3. The molecule has 138 valence electrons. The van der Waals surface area contributed by atoms with Gasteiger partial charge in [-0.25, -0.2) is 17.9 Å². The van der Waals surface area contributed by atoms with Gasteiger partial charge in [0.2, 0.25) is 9.84 Å². The number of benzene rings is 1. The zero-order valence-corrected chi connectivity index (χ0v) is 16.2. The lowest BCUT2D eigenvalue weighted by Gasteiger charge is -2.11. The maximum atomic E-state index is 13.3. The number of nitrogens with zero attached hydrogens (tertiary/aromatic N) is 4. The molecule has 0 aliphatic rings. The molecule has 0 bridgehead atoms. The monoisotopic (exact) mass is 373 g/mol. The Bertz CT molecular complexity index is 1030. The van der Waals surface area contributed by atoms with Crippen LogP contribution in [0, 0.1) is 13.8 Å². The van der Waals surface area contributed by atoms with Crippen molar-refractivity contribution in [1.82, 2.24) is 19.5 Å². The number of aromatic nitrogens is 3. The predicted molar refractivity (Wildman–Crippen MR) is 101 cm³/mol. The third kappa shape index (κ3) is 3.42. The van der Waals surface area contributed by atoms with Crippen LogP contribution in [0.4, 0.5) is 5.82 Å². The lowest BCUT2D eigenvalue weighted by atomic mass is 10.3. The van der Waals surface area contributed by atoms with E-state index in [0.717, 1.165) is 17.9 Å². The molecule has 26 heavy (non-hydrogen) atoms. The molecule has 2 heterocycles. The second-order valence-electron chi connectivity index (χ2n) is 6.50. The fourth-order valence-corrected chi connectivity index (χ4v) is 4.27. The molecule has 1 N–H and O–H groups in total. The van der Waals surface area contributed by atoms with Gasteiger partial charge in [-0.3, -0.25) is 0 Å². The lowest BCUT2D eigenvalue weighted by Crippen LogP contribution is -2.21. The van der Waals surface area contributed by atoms with E-state index in [1.807, 2.05) is 38.9 Å². The van der Waals surface area contributed by atoms with Crippen molar-refractivity contribution in [3.05, 3.63) is 47.8 Å². The summed E-state index contributed by atoms with van der Waals surface area (Å²) >= 11 is 0. The Kier molecular flexibility index (Phi) is 4.97. The minimum atomic E-state index is -3.76. The summed E-state index contributed by atoms with van der Waals surface area (Å²) in [5.41, 5.74) is 1.93. The van der Waals surface area contributed by atoms with Crippen molar-refractivity contribution in [1.29, 1.82) is 0 Å². The second-order valence-corrected chi connectivity index (χ2v) is 8.39. The summed E-state index contributed by atoms with van der Waals surface area (Å²) in [5, 5.41) is 7.65. The Morgan fingerprint density at radius 3 is 2.50 bits per heavy atom. The van der Waals surface area contributed by atoms with E-state index in [4.69, 9.17) is 0 Å². The second kappa shape index (κ2) is 7.05. The van der Waals surface area contributed by atoms with Gasteiger partial charge >= 0.3 is 0 Å². The van der Waals surface area contributed by atoms with Crippen molar-refractivity contribution in [3.8, 4) is 0 Å². The summed E-state index contributed by atoms with van der Waals surface area (Å²) in [6.45, 7) is 5.06. The molecule has 0 saturated carbocycles. The maximum Gasteiger partial charge on any atom is 0.214 e. The number of hydrogen-bond donors (Lipinski definition) is 1. The summed E-state index contributed by atoms with van der Waals surface area (Å²) in [7, 11) is 0.162. The Balaban J connectivity index is 2.20. The van der Waals surface area contributed by atoms with Crippen LogP contribution in [0.25, 0.3) is 5.65 Å². The Labute approximate surface area is 153 Å². The zero-order chi connectivity index (χ0) is 18.9. The van der Waals surface area contributed by atoms with Crippen LogP contribution in [-0.2, 0) is 9.84 Å². The smallest absolute Gasteiger partial charge is 0.214 e. The molecule has 3 aromatic rings. The van der Waals surface area contributed by atoms with Crippen molar-refractivity contribution in [3.63, 3.8) is 0 Å². The van der Waals surface area contributed by atoms with Gasteiger partial charge in [-0.2, -0.15) is 0 Å². The summed E-state index contributed by atoms with van der Waals surface area (Å²) in [6.07, 6.45) is 0. The van der Waals surface area contributed by atoms with Crippen molar-refractivity contribution in [2.24, 2.45) is 0 Å². The topological polar surface area (TPSA) is 79.6 Å². The third-order valence-electron chi connectivity index (χ3n) is 4.03. The van der Waals surface area contributed by atoms with Gasteiger partial charge in [0, 0.05) is 24.5 Å². The first-order valence-electron chi connectivity index (χ1n) is 8.36. The number of rotatable bonds is 6. The molecule has 0 aliphatic carbocycles. The molecule has 0 aliphatic heterocycles. The highest BCUT2D eigenvalue weighted by Gasteiger charge is 2.29. The third-order valence-corrected chi connectivity index (χ3v) is 5.83. The molecule has 0 spiro atoms. The number of aryl methyl sites for hydroxylation is 2. The van der Waals surface area contributed by atoms with E-state index in [0.29, 0.717) is 18.0 Å². The van der Waals surface area contributed by atoms with E-state index in [1.165, 1.54) is 0 Å². The van der Waals surface area contributed by atoms with Crippen LogP contribution in [0.1, 0.15) is 11.4 Å². The Morgan fingerprint density at radius 2 is 1.85 bits per heavy atom. The molecule has 2 aromatic heterocycles. The standard InChI is InChI=1S/C18H23N5O2S/c1-13-12-14(2)23-18(20-13)16(17(21-23)19-10-11-22(3)4)26(24,25)15-8-6-5-7-9-15/h5-9,12H,10-11H2,1-4H3,(H,19,21).